The summed E-state index contributed by atoms with van der Waals surface area (Å²) < 4.78 is 0. The van der Waals surface area contributed by atoms with Gasteiger partial charge in [0.05, 0.1) is 6.61 Å². The second-order valence-electron chi connectivity index (χ2n) is 2.60. The molecule has 0 atom stereocenters. The number of aliphatic hydroxyl groups excluding tert-OH is 1. The number of hydrogen-bond donors (Lipinski definition) is 2. The minimum absolute atomic E-state index is 0.113. The van der Waals surface area contributed by atoms with Gasteiger partial charge in [0, 0.05) is 28.7 Å². The molecule has 0 aliphatic heterocycles. The Hall–Kier alpha value is -0.280. The highest BCUT2D eigenvalue weighted by atomic mass is 35.5. The standard InChI is InChI=1S/C9H11Cl2NO/c10-8-2-1-3-9(11)7(8)6-12-4-5-13/h1-3,12-13H,4-6H2. The molecular formula is C9H11Cl2NO. The van der Waals surface area contributed by atoms with Gasteiger partial charge in [-0.05, 0) is 12.1 Å². The van der Waals surface area contributed by atoms with Crippen molar-refractivity contribution in [3.63, 3.8) is 0 Å². The molecule has 1 rings (SSSR count). The highest BCUT2D eigenvalue weighted by Gasteiger charge is 2.03. The molecule has 1 aromatic carbocycles. The summed E-state index contributed by atoms with van der Waals surface area (Å²) in [4.78, 5) is 0. The van der Waals surface area contributed by atoms with Crippen LogP contribution in [0.25, 0.3) is 0 Å². The van der Waals surface area contributed by atoms with Crippen molar-refractivity contribution in [3.8, 4) is 0 Å². The van der Waals surface area contributed by atoms with Crippen molar-refractivity contribution in [3.05, 3.63) is 33.8 Å². The molecule has 0 aliphatic rings. The molecule has 0 amide bonds. The summed E-state index contributed by atoms with van der Waals surface area (Å²) in [5.41, 5.74) is 0.874. The molecule has 0 aromatic heterocycles. The maximum Gasteiger partial charge on any atom is 0.0556 e. The van der Waals surface area contributed by atoms with Crippen molar-refractivity contribution in [1.82, 2.24) is 5.32 Å². The fourth-order valence-corrected chi connectivity index (χ4v) is 1.52. The predicted octanol–water partition coefficient (Wildman–Crippen LogP) is 2.08. The van der Waals surface area contributed by atoms with Crippen molar-refractivity contribution < 1.29 is 5.11 Å². The first kappa shape index (κ1) is 10.8. The van der Waals surface area contributed by atoms with Crippen molar-refractivity contribution in [1.29, 1.82) is 0 Å². The third-order valence-corrected chi connectivity index (χ3v) is 2.36. The summed E-state index contributed by atoms with van der Waals surface area (Å²) in [6.07, 6.45) is 0. The second kappa shape index (κ2) is 5.45. The van der Waals surface area contributed by atoms with E-state index >= 15 is 0 Å². The van der Waals surface area contributed by atoms with Gasteiger partial charge in [0.2, 0.25) is 0 Å². The summed E-state index contributed by atoms with van der Waals surface area (Å²) in [7, 11) is 0. The number of hydrogen-bond acceptors (Lipinski definition) is 2. The van der Waals surface area contributed by atoms with Crippen LogP contribution in [0, 0.1) is 0 Å². The maximum atomic E-state index is 8.55. The van der Waals surface area contributed by atoms with Gasteiger partial charge < -0.3 is 10.4 Å². The Bertz CT molecular complexity index is 258. The topological polar surface area (TPSA) is 32.3 Å². The van der Waals surface area contributed by atoms with Gasteiger partial charge in [-0.1, -0.05) is 29.3 Å². The number of aliphatic hydroxyl groups is 1. The zero-order valence-corrected chi connectivity index (χ0v) is 8.57. The Labute approximate surface area is 87.5 Å². The summed E-state index contributed by atoms with van der Waals surface area (Å²) in [6, 6.07) is 5.40. The molecule has 0 saturated heterocycles. The Morgan fingerprint density at radius 1 is 1.23 bits per heavy atom. The Morgan fingerprint density at radius 2 is 1.85 bits per heavy atom. The fourth-order valence-electron chi connectivity index (χ4n) is 0.994. The molecule has 2 nitrogen and oxygen atoms in total. The highest BCUT2D eigenvalue weighted by molar-refractivity contribution is 6.35. The molecular weight excluding hydrogens is 209 g/mol. The van der Waals surface area contributed by atoms with Crippen LogP contribution in [-0.4, -0.2) is 18.3 Å². The maximum absolute atomic E-state index is 8.55. The van der Waals surface area contributed by atoms with E-state index in [0.29, 0.717) is 23.1 Å². The van der Waals surface area contributed by atoms with Crippen LogP contribution >= 0.6 is 23.2 Å². The zero-order valence-electron chi connectivity index (χ0n) is 7.06. The van der Waals surface area contributed by atoms with E-state index in [0.717, 1.165) is 5.56 Å². The second-order valence-corrected chi connectivity index (χ2v) is 3.41. The number of rotatable bonds is 4. The molecule has 0 radical (unpaired) electrons. The van der Waals surface area contributed by atoms with Crippen LogP contribution in [0.5, 0.6) is 0 Å². The summed E-state index contributed by atoms with van der Waals surface area (Å²) in [5.74, 6) is 0. The first-order valence-electron chi connectivity index (χ1n) is 4.00. The first-order valence-corrected chi connectivity index (χ1v) is 4.75. The summed E-state index contributed by atoms with van der Waals surface area (Å²) in [5, 5.41) is 12.9. The van der Waals surface area contributed by atoms with Gasteiger partial charge in [-0.25, -0.2) is 0 Å². The van der Waals surface area contributed by atoms with Gasteiger partial charge in [0.15, 0.2) is 0 Å². The zero-order chi connectivity index (χ0) is 9.68. The average molecular weight is 220 g/mol. The Kier molecular flexibility index (Phi) is 4.53. The molecule has 0 saturated carbocycles. The molecule has 13 heavy (non-hydrogen) atoms. The smallest absolute Gasteiger partial charge is 0.0556 e. The van der Waals surface area contributed by atoms with Crippen LogP contribution in [0.2, 0.25) is 10.0 Å². The van der Waals surface area contributed by atoms with Crippen LogP contribution in [-0.2, 0) is 6.54 Å². The quantitative estimate of drug-likeness (QED) is 0.761. The lowest BCUT2D eigenvalue weighted by Crippen LogP contribution is -2.17. The van der Waals surface area contributed by atoms with E-state index in [2.05, 4.69) is 5.32 Å². The van der Waals surface area contributed by atoms with Crippen molar-refractivity contribution in [2.75, 3.05) is 13.2 Å². The molecule has 0 aliphatic carbocycles. The minimum atomic E-state index is 0.113. The molecule has 4 heteroatoms. The number of benzene rings is 1. The van der Waals surface area contributed by atoms with E-state index in [-0.39, 0.29) is 6.61 Å². The molecule has 0 bridgehead atoms. The number of nitrogens with one attached hydrogen (secondary N) is 1. The third kappa shape index (κ3) is 3.16. The van der Waals surface area contributed by atoms with Gasteiger partial charge in [-0.3, -0.25) is 0 Å². The van der Waals surface area contributed by atoms with Crippen molar-refractivity contribution in [2.24, 2.45) is 0 Å². The van der Waals surface area contributed by atoms with Gasteiger partial charge in [0.25, 0.3) is 0 Å². The molecule has 2 N–H and O–H groups in total. The molecule has 0 fully saturated rings. The van der Waals surface area contributed by atoms with E-state index in [4.69, 9.17) is 28.3 Å². The van der Waals surface area contributed by atoms with Crippen molar-refractivity contribution >= 4 is 23.2 Å². The van der Waals surface area contributed by atoms with E-state index in [1.54, 1.807) is 18.2 Å². The van der Waals surface area contributed by atoms with Crippen LogP contribution in [0.1, 0.15) is 5.56 Å². The average Bonchev–Trinajstić information content (AvgIpc) is 2.10. The van der Waals surface area contributed by atoms with Gasteiger partial charge in [-0.15, -0.1) is 0 Å². The molecule has 1 aromatic rings. The summed E-state index contributed by atoms with van der Waals surface area (Å²) in [6.45, 7) is 1.24. The van der Waals surface area contributed by atoms with Gasteiger partial charge in [0.1, 0.15) is 0 Å². The van der Waals surface area contributed by atoms with Crippen molar-refractivity contribution in [2.45, 2.75) is 6.54 Å². The fraction of sp³-hybridized carbons (Fsp3) is 0.333. The van der Waals surface area contributed by atoms with Gasteiger partial charge in [-0.2, -0.15) is 0 Å². The predicted molar refractivity (Wildman–Crippen MR) is 55.3 cm³/mol. The van der Waals surface area contributed by atoms with Gasteiger partial charge >= 0.3 is 0 Å². The van der Waals surface area contributed by atoms with Crippen LogP contribution < -0.4 is 5.32 Å². The lowest BCUT2D eigenvalue weighted by molar-refractivity contribution is 0.292. The lowest BCUT2D eigenvalue weighted by Gasteiger charge is -2.06. The highest BCUT2D eigenvalue weighted by Crippen LogP contribution is 2.23. The monoisotopic (exact) mass is 219 g/mol. The minimum Gasteiger partial charge on any atom is -0.395 e. The summed E-state index contributed by atoms with van der Waals surface area (Å²) >= 11 is 11.8. The Morgan fingerprint density at radius 3 is 2.38 bits per heavy atom. The lowest BCUT2D eigenvalue weighted by atomic mass is 10.2. The third-order valence-electron chi connectivity index (χ3n) is 1.65. The SMILES string of the molecule is OCCNCc1c(Cl)cccc1Cl. The van der Waals surface area contributed by atoms with E-state index < -0.39 is 0 Å². The molecule has 0 heterocycles. The Balaban J connectivity index is 2.64. The molecule has 0 unspecified atom stereocenters. The van der Waals surface area contributed by atoms with E-state index in [1.807, 2.05) is 0 Å². The molecule has 0 spiro atoms. The van der Waals surface area contributed by atoms with E-state index in [9.17, 15) is 0 Å². The van der Waals surface area contributed by atoms with Crippen LogP contribution in [0.3, 0.4) is 0 Å². The molecule has 72 valence electrons. The van der Waals surface area contributed by atoms with E-state index in [1.165, 1.54) is 0 Å². The largest absolute Gasteiger partial charge is 0.395 e. The van der Waals surface area contributed by atoms with Crippen LogP contribution in [0.15, 0.2) is 18.2 Å². The first-order chi connectivity index (χ1) is 6.25. The number of halogens is 2. The normalized spacial score (nSPS) is 10.4. The van der Waals surface area contributed by atoms with Crippen LogP contribution in [0.4, 0.5) is 0 Å².